The Balaban J connectivity index is 1.30. The largest absolute Gasteiger partial charge is 0.339 e. The Morgan fingerprint density at radius 2 is 2.03 bits per heavy atom. The van der Waals surface area contributed by atoms with Crippen LogP contribution in [0.3, 0.4) is 0 Å². The van der Waals surface area contributed by atoms with E-state index in [2.05, 4.69) is 61.6 Å². The van der Waals surface area contributed by atoms with Crippen LogP contribution in [-0.2, 0) is 17.6 Å². The number of amides is 1. The molecule has 1 aliphatic heterocycles. The van der Waals surface area contributed by atoms with Gasteiger partial charge in [-0.2, -0.15) is 4.98 Å². The highest BCUT2D eigenvalue weighted by Crippen LogP contribution is 2.31. The number of carbonyl (C=O) groups is 1. The number of aryl methyl sites for hydroxylation is 1. The molecule has 2 aromatic heterocycles. The molecule has 0 saturated heterocycles. The molecule has 8 heteroatoms. The lowest BCUT2D eigenvalue weighted by Crippen LogP contribution is -2.15. The number of halogens is 1. The molecule has 0 saturated carbocycles. The summed E-state index contributed by atoms with van der Waals surface area (Å²) in [4.78, 5) is 22.0. The van der Waals surface area contributed by atoms with Crippen molar-refractivity contribution in [1.82, 2.24) is 9.97 Å². The highest BCUT2D eigenvalue weighted by atomic mass is 35.5. The van der Waals surface area contributed by atoms with Gasteiger partial charge in [0.2, 0.25) is 11.9 Å². The summed E-state index contributed by atoms with van der Waals surface area (Å²) in [6, 6.07) is 14.1. The Hall–Kier alpha value is -3.68. The van der Waals surface area contributed by atoms with Gasteiger partial charge in [0.05, 0.1) is 12.6 Å². The number of aromatic nitrogens is 2. The lowest BCUT2D eigenvalue weighted by Gasteiger charge is -2.16. The van der Waals surface area contributed by atoms with E-state index in [0.29, 0.717) is 23.2 Å². The monoisotopic (exact) mass is 513 g/mol. The second-order valence-electron chi connectivity index (χ2n) is 8.98. The van der Waals surface area contributed by atoms with Crippen LogP contribution in [0.5, 0.6) is 0 Å². The molecule has 6 rings (SSSR count). The number of fused-ring (bicyclic) bond motifs is 6. The van der Waals surface area contributed by atoms with E-state index in [1.807, 2.05) is 24.3 Å². The maximum atomic E-state index is 13.1. The lowest BCUT2D eigenvalue weighted by molar-refractivity contribution is -0.115. The minimum Gasteiger partial charge on any atom is -0.339 e. The van der Waals surface area contributed by atoms with Crippen LogP contribution in [0.1, 0.15) is 30.4 Å². The number of hydrogen-bond acceptors (Lipinski definition) is 6. The van der Waals surface area contributed by atoms with Crippen LogP contribution in [0.25, 0.3) is 10.1 Å². The van der Waals surface area contributed by atoms with Crippen molar-refractivity contribution in [2.24, 2.45) is 0 Å². The molecule has 0 atom stereocenters. The Morgan fingerprint density at radius 1 is 1.11 bits per heavy atom. The number of carbonyl (C=O) groups excluding carboxylic acids is 1. The summed E-state index contributed by atoms with van der Waals surface area (Å²) >= 11 is 8.06. The second kappa shape index (κ2) is 9.76. The van der Waals surface area contributed by atoms with Gasteiger partial charge in [-0.15, -0.1) is 11.3 Å². The van der Waals surface area contributed by atoms with Gasteiger partial charge in [-0.25, -0.2) is 4.98 Å². The van der Waals surface area contributed by atoms with Crippen LogP contribution in [0, 0.1) is 0 Å². The minimum atomic E-state index is -0.0230. The molecule has 6 nitrogen and oxygen atoms in total. The van der Waals surface area contributed by atoms with Crippen molar-refractivity contribution in [2.45, 2.75) is 32.1 Å². The molecule has 0 unspecified atom stereocenters. The first-order valence-corrected chi connectivity index (χ1v) is 13.2. The van der Waals surface area contributed by atoms with Crippen molar-refractivity contribution in [2.75, 3.05) is 16.0 Å². The van der Waals surface area contributed by atoms with Gasteiger partial charge in [0.25, 0.3) is 0 Å². The number of anilines is 4. The first kappa shape index (κ1) is 22.8. The Morgan fingerprint density at radius 3 is 2.97 bits per heavy atom. The van der Waals surface area contributed by atoms with E-state index in [9.17, 15) is 4.79 Å². The average molecular weight is 514 g/mol. The number of allylic oxidation sites excluding steroid dienone is 4. The highest BCUT2D eigenvalue weighted by Gasteiger charge is 2.15. The molecule has 4 aromatic rings. The molecule has 3 heterocycles. The Kier molecular flexibility index (Phi) is 6.17. The van der Waals surface area contributed by atoms with Crippen molar-refractivity contribution < 1.29 is 4.79 Å². The molecule has 3 N–H and O–H groups in total. The normalized spacial score (nSPS) is 14.8. The number of hydrogen-bond donors (Lipinski definition) is 3. The van der Waals surface area contributed by atoms with Gasteiger partial charge in [0.15, 0.2) is 5.82 Å². The first-order chi connectivity index (χ1) is 17.6. The van der Waals surface area contributed by atoms with Crippen molar-refractivity contribution in [3.63, 3.8) is 0 Å². The molecule has 2 aromatic carbocycles. The molecule has 0 spiro atoms. The van der Waals surface area contributed by atoms with Gasteiger partial charge in [0, 0.05) is 21.8 Å². The highest BCUT2D eigenvalue weighted by molar-refractivity contribution is 7.17. The van der Waals surface area contributed by atoms with Gasteiger partial charge >= 0.3 is 0 Å². The molecule has 180 valence electrons. The molecule has 0 fully saturated rings. The molecule has 1 amide bonds. The summed E-state index contributed by atoms with van der Waals surface area (Å²) in [5, 5.41) is 13.5. The minimum absolute atomic E-state index is 0.0230. The zero-order valence-corrected chi connectivity index (χ0v) is 21.0. The van der Waals surface area contributed by atoms with Crippen LogP contribution in [0.15, 0.2) is 77.5 Å². The SMILES string of the molecule is O=C(Cc1csc2ccccc12)Nc1ccc2cc1CCC1=CCCC(=C1)Nc1ncc(Cl)c(n1)N2. The van der Waals surface area contributed by atoms with Gasteiger partial charge in [-0.05, 0) is 83.5 Å². The summed E-state index contributed by atoms with van der Waals surface area (Å²) in [7, 11) is 0. The molecule has 2 aliphatic rings. The first-order valence-electron chi connectivity index (χ1n) is 11.9. The summed E-state index contributed by atoms with van der Waals surface area (Å²) < 4.78 is 1.20. The zero-order chi connectivity index (χ0) is 24.5. The summed E-state index contributed by atoms with van der Waals surface area (Å²) in [6.07, 6.45) is 9.92. The maximum absolute atomic E-state index is 13.1. The molecule has 0 radical (unpaired) electrons. The topological polar surface area (TPSA) is 78.9 Å². The fourth-order valence-electron chi connectivity index (χ4n) is 4.65. The lowest BCUT2D eigenvalue weighted by atomic mass is 9.97. The molecular weight excluding hydrogens is 490 g/mol. The third-order valence-corrected chi connectivity index (χ3v) is 7.72. The van der Waals surface area contributed by atoms with Crippen LogP contribution in [-0.4, -0.2) is 15.9 Å². The smallest absolute Gasteiger partial charge is 0.228 e. The van der Waals surface area contributed by atoms with Crippen LogP contribution >= 0.6 is 22.9 Å². The van der Waals surface area contributed by atoms with E-state index in [1.165, 1.54) is 10.3 Å². The van der Waals surface area contributed by atoms with Gasteiger partial charge in [-0.1, -0.05) is 35.9 Å². The van der Waals surface area contributed by atoms with Crippen LogP contribution < -0.4 is 16.0 Å². The van der Waals surface area contributed by atoms with E-state index in [-0.39, 0.29) is 5.91 Å². The summed E-state index contributed by atoms with van der Waals surface area (Å²) in [5.41, 5.74) is 6.14. The molecule has 36 heavy (non-hydrogen) atoms. The molecule has 1 aliphatic carbocycles. The van der Waals surface area contributed by atoms with E-state index >= 15 is 0 Å². The molecule has 6 bridgehead atoms. The van der Waals surface area contributed by atoms with Gasteiger partial charge in [-0.3, -0.25) is 4.79 Å². The van der Waals surface area contributed by atoms with Crippen molar-refractivity contribution in [3.8, 4) is 0 Å². The van der Waals surface area contributed by atoms with Crippen LogP contribution in [0.4, 0.5) is 23.1 Å². The van der Waals surface area contributed by atoms with Crippen molar-refractivity contribution in [1.29, 1.82) is 0 Å². The van der Waals surface area contributed by atoms with E-state index in [1.54, 1.807) is 17.5 Å². The number of rotatable bonds is 3. The van der Waals surface area contributed by atoms with E-state index < -0.39 is 0 Å². The third kappa shape index (κ3) is 4.85. The summed E-state index contributed by atoms with van der Waals surface area (Å²) in [6.45, 7) is 0. The Labute approximate surface area is 218 Å². The maximum Gasteiger partial charge on any atom is 0.228 e. The Bertz CT molecular complexity index is 1540. The fraction of sp³-hybridized carbons (Fsp3) is 0.179. The van der Waals surface area contributed by atoms with E-state index in [0.717, 1.165) is 59.3 Å². The van der Waals surface area contributed by atoms with Gasteiger partial charge in [0.1, 0.15) is 5.02 Å². The average Bonchev–Trinajstić information content (AvgIpc) is 3.28. The number of thiophene rings is 1. The molecular formula is C28H24ClN5OS. The standard InChI is InChI=1S/C28H24ClN5OS/c29-23-15-30-28-32-20-5-3-4-17(12-20)8-9-18-13-21(31-27(23)34-28)10-11-24(18)33-26(35)14-19-16-36-25-7-2-1-6-22(19)25/h1-2,4,6-7,10-13,15-16H,3,5,8-9,14H2,(H,33,35)(H2,30,31,32,34). The number of nitrogens with one attached hydrogen (secondary N) is 3. The van der Waals surface area contributed by atoms with Gasteiger partial charge < -0.3 is 16.0 Å². The number of benzene rings is 2. The van der Waals surface area contributed by atoms with Crippen molar-refractivity contribution in [3.05, 3.63) is 93.6 Å². The quantitative estimate of drug-likeness (QED) is 0.269. The zero-order valence-electron chi connectivity index (χ0n) is 19.5. The predicted molar refractivity (Wildman–Crippen MR) is 148 cm³/mol. The summed E-state index contributed by atoms with van der Waals surface area (Å²) in [5.74, 6) is 1.02. The predicted octanol–water partition coefficient (Wildman–Crippen LogP) is 7.23. The van der Waals surface area contributed by atoms with E-state index in [4.69, 9.17) is 11.6 Å². The second-order valence-corrected chi connectivity index (χ2v) is 10.3. The number of nitrogens with zero attached hydrogens (tertiary/aromatic N) is 2. The van der Waals surface area contributed by atoms with Crippen LogP contribution in [0.2, 0.25) is 5.02 Å². The van der Waals surface area contributed by atoms with Crippen molar-refractivity contribution >= 4 is 62.1 Å². The fourth-order valence-corrected chi connectivity index (χ4v) is 5.75. The third-order valence-electron chi connectivity index (χ3n) is 6.43.